The molecular formula is C14H18O3. The molecule has 1 unspecified atom stereocenters. The van der Waals surface area contributed by atoms with Gasteiger partial charge in [-0.3, -0.25) is 9.59 Å². The Kier molecular flexibility index (Phi) is 4.44. The number of hydrogen-bond donors (Lipinski definition) is 0. The average Bonchev–Trinajstić information content (AvgIpc) is 2.28. The highest BCUT2D eigenvalue weighted by Gasteiger charge is 2.27. The van der Waals surface area contributed by atoms with Gasteiger partial charge >= 0.3 is 0 Å². The summed E-state index contributed by atoms with van der Waals surface area (Å²) in [5.74, 6) is -0.0518. The van der Waals surface area contributed by atoms with E-state index in [1.54, 1.807) is 7.11 Å². The fraction of sp³-hybridized carbons (Fsp3) is 0.429. The number of ether oxygens (including phenoxy) is 1. The maximum absolute atomic E-state index is 11.5. The van der Waals surface area contributed by atoms with Crippen LogP contribution in [0.15, 0.2) is 24.3 Å². The first-order valence-electron chi connectivity index (χ1n) is 5.62. The van der Waals surface area contributed by atoms with Gasteiger partial charge in [0, 0.05) is 0 Å². The molecule has 0 spiro atoms. The molecule has 0 aromatic heterocycles. The highest BCUT2D eigenvalue weighted by molar-refractivity contribution is 6.01. The molecule has 0 aliphatic carbocycles. The molecule has 0 N–H and O–H groups in total. The lowest BCUT2D eigenvalue weighted by molar-refractivity contribution is -0.131. The van der Waals surface area contributed by atoms with Crippen LogP contribution in [-0.2, 0) is 9.59 Å². The smallest absolute Gasteiger partial charge is 0.140 e. The molecule has 1 aromatic carbocycles. The van der Waals surface area contributed by atoms with E-state index in [1.165, 1.54) is 13.8 Å². The first-order chi connectivity index (χ1) is 7.97. The Labute approximate surface area is 102 Å². The van der Waals surface area contributed by atoms with Gasteiger partial charge in [-0.15, -0.1) is 0 Å². The molecule has 0 saturated heterocycles. The van der Waals surface area contributed by atoms with Gasteiger partial charge in [-0.2, -0.15) is 0 Å². The third kappa shape index (κ3) is 3.16. The summed E-state index contributed by atoms with van der Waals surface area (Å²) in [6, 6.07) is 7.46. The van der Waals surface area contributed by atoms with E-state index in [0.29, 0.717) is 0 Å². The Morgan fingerprint density at radius 3 is 1.88 bits per heavy atom. The second-order valence-electron chi connectivity index (χ2n) is 4.26. The van der Waals surface area contributed by atoms with Gasteiger partial charge in [-0.1, -0.05) is 19.1 Å². The predicted octanol–water partition coefficient (Wildman–Crippen LogP) is 2.59. The molecule has 0 aliphatic rings. The van der Waals surface area contributed by atoms with E-state index in [0.717, 1.165) is 11.3 Å². The zero-order chi connectivity index (χ0) is 13.0. The van der Waals surface area contributed by atoms with Crippen molar-refractivity contribution in [3.8, 4) is 5.75 Å². The summed E-state index contributed by atoms with van der Waals surface area (Å²) in [6.07, 6.45) is 0. The topological polar surface area (TPSA) is 43.4 Å². The molecule has 1 atom stereocenters. The third-order valence-corrected chi connectivity index (χ3v) is 3.02. The van der Waals surface area contributed by atoms with E-state index >= 15 is 0 Å². The molecule has 3 heteroatoms. The van der Waals surface area contributed by atoms with Crippen LogP contribution in [0.1, 0.15) is 32.3 Å². The van der Waals surface area contributed by atoms with Crippen LogP contribution in [0, 0.1) is 5.92 Å². The summed E-state index contributed by atoms with van der Waals surface area (Å²) in [6.45, 7) is 4.83. The molecule has 3 nitrogen and oxygen atoms in total. The first kappa shape index (κ1) is 13.4. The lowest BCUT2D eigenvalue weighted by Gasteiger charge is -2.19. The Morgan fingerprint density at radius 1 is 1.06 bits per heavy atom. The predicted molar refractivity (Wildman–Crippen MR) is 66.3 cm³/mol. The standard InChI is InChI=1S/C14H18O3/c1-9(14(10(2)15)11(3)16)12-5-7-13(17-4)8-6-12/h5-9,14H,1-4H3. The molecular weight excluding hydrogens is 216 g/mol. The largest absolute Gasteiger partial charge is 0.497 e. The van der Waals surface area contributed by atoms with Crippen molar-refractivity contribution in [1.29, 1.82) is 0 Å². The minimum Gasteiger partial charge on any atom is -0.497 e. The van der Waals surface area contributed by atoms with Crippen LogP contribution in [0.2, 0.25) is 0 Å². The molecule has 0 amide bonds. The molecule has 1 aromatic rings. The average molecular weight is 234 g/mol. The van der Waals surface area contributed by atoms with Crippen molar-refractivity contribution < 1.29 is 14.3 Å². The zero-order valence-electron chi connectivity index (χ0n) is 10.7. The number of methoxy groups -OCH3 is 1. The van der Waals surface area contributed by atoms with Crippen LogP contribution in [0.4, 0.5) is 0 Å². The molecule has 0 fully saturated rings. The molecule has 0 radical (unpaired) electrons. The Hall–Kier alpha value is -1.64. The molecule has 0 bridgehead atoms. The normalized spacial score (nSPS) is 12.3. The van der Waals surface area contributed by atoms with Crippen LogP contribution < -0.4 is 4.74 Å². The highest BCUT2D eigenvalue weighted by atomic mass is 16.5. The van der Waals surface area contributed by atoms with Crippen molar-refractivity contribution in [1.82, 2.24) is 0 Å². The van der Waals surface area contributed by atoms with E-state index in [1.807, 2.05) is 31.2 Å². The van der Waals surface area contributed by atoms with Crippen LogP contribution in [0.3, 0.4) is 0 Å². The van der Waals surface area contributed by atoms with Gasteiger partial charge in [-0.05, 0) is 37.5 Å². The van der Waals surface area contributed by atoms with E-state index < -0.39 is 5.92 Å². The minimum atomic E-state index is -0.552. The Bertz CT molecular complexity index is 392. The second-order valence-corrected chi connectivity index (χ2v) is 4.26. The number of rotatable bonds is 5. The molecule has 17 heavy (non-hydrogen) atoms. The number of carbonyl (C=O) groups is 2. The summed E-state index contributed by atoms with van der Waals surface area (Å²) in [5.41, 5.74) is 0.973. The van der Waals surface area contributed by atoms with E-state index in [2.05, 4.69) is 0 Å². The molecule has 0 heterocycles. The van der Waals surface area contributed by atoms with Crippen LogP contribution in [-0.4, -0.2) is 18.7 Å². The number of benzene rings is 1. The van der Waals surface area contributed by atoms with Crippen LogP contribution in [0.25, 0.3) is 0 Å². The summed E-state index contributed by atoms with van der Waals surface area (Å²) in [5, 5.41) is 0. The van der Waals surface area contributed by atoms with Gasteiger partial charge < -0.3 is 4.74 Å². The van der Waals surface area contributed by atoms with Gasteiger partial charge in [0.05, 0.1) is 13.0 Å². The fourth-order valence-corrected chi connectivity index (χ4v) is 2.09. The van der Waals surface area contributed by atoms with Crippen LogP contribution in [0.5, 0.6) is 5.75 Å². The van der Waals surface area contributed by atoms with Crippen molar-refractivity contribution in [3.63, 3.8) is 0 Å². The third-order valence-electron chi connectivity index (χ3n) is 3.02. The van der Waals surface area contributed by atoms with Gasteiger partial charge in [0.1, 0.15) is 17.3 Å². The lowest BCUT2D eigenvalue weighted by Crippen LogP contribution is -2.25. The summed E-state index contributed by atoms with van der Waals surface area (Å²) < 4.78 is 5.07. The van der Waals surface area contributed by atoms with Crippen molar-refractivity contribution in [2.75, 3.05) is 7.11 Å². The summed E-state index contributed by atoms with van der Waals surface area (Å²) in [4.78, 5) is 23.0. The van der Waals surface area contributed by atoms with Gasteiger partial charge in [0.25, 0.3) is 0 Å². The lowest BCUT2D eigenvalue weighted by atomic mass is 9.83. The molecule has 1 rings (SSSR count). The summed E-state index contributed by atoms with van der Waals surface area (Å²) >= 11 is 0. The maximum Gasteiger partial charge on any atom is 0.140 e. The number of hydrogen-bond acceptors (Lipinski definition) is 3. The second kappa shape index (κ2) is 5.62. The summed E-state index contributed by atoms with van der Waals surface area (Å²) in [7, 11) is 1.60. The minimum absolute atomic E-state index is 0.0826. The van der Waals surface area contributed by atoms with Crippen LogP contribution >= 0.6 is 0 Å². The number of carbonyl (C=O) groups excluding carboxylic acids is 2. The van der Waals surface area contributed by atoms with Gasteiger partial charge in [-0.25, -0.2) is 0 Å². The Balaban J connectivity index is 2.97. The number of ketones is 2. The molecule has 0 saturated carbocycles. The van der Waals surface area contributed by atoms with Crippen molar-refractivity contribution in [2.24, 2.45) is 5.92 Å². The van der Waals surface area contributed by atoms with E-state index in [-0.39, 0.29) is 17.5 Å². The highest BCUT2D eigenvalue weighted by Crippen LogP contribution is 2.27. The SMILES string of the molecule is COc1ccc(C(C)C(C(C)=O)C(C)=O)cc1. The van der Waals surface area contributed by atoms with Gasteiger partial charge in [0.2, 0.25) is 0 Å². The van der Waals surface area contributed by atoms with E-state index in [4.69, 9.17) is 4.74 Å². The van der Waals surface area contributed by atoms with Gasteiger partial charge in [0.15, 0.2) is 0 Å². The molecule has 0 aliphatic heterocycles. The maximum atomic E-state index is 11.5. The Morgan fingerprint density at radius 2 is 1.53 bits per heavy atom. The molecule has 92 valence electrons. The first-order valence-corrected chi connectivity index (χ1v) is 5.62. The van der Waals surface area contributed by atoms with Crippen molar-refractivity contribution in [3.05, 3.63) is 29.8 Å². The monoisotopic (exact) mass is 234 g/mol. The number of Topliss-reactive ketones (excluding diaryl/α,β-unsaturated/α-hetero) is 2. The quantitative estimate of drug-likeness (QED) is 0.735. The van der Waals surface area contributed by atoms with E-state index in [9.17, 15) is 9.59 Å². The van der Waals surface area contributed by atoms with Crippen molar-refractivity contribution in [2.45, 2.75) is 26.7 Å². The van der Waals surface area contributed by atoms with Crippen molar-refractivity contribution >= 4 is 11.6 Å². The zero-order valence-corrected chi connectivity index (χ0v) is 10.7. The fourth-order valence-electron chi connectivity index (χ4n) is 2.09.